The number of aryl methyl sites for hydroxylation is 1. The lowest BCUT2D eigenvalue weighted by atomic mass is 10.1. The Hall–Kier alpha value is -1.30. The van der Waals surface area contributed by atoms with Gasteiger partial charge in [0.05, 0.1) is 0 Å². The monoisotopic (exact) mass is 303 g/mol. The highest BCUT2D eigenvalue weighted by Crippen LogP contribution is 2.21. The van der Waals surface area contributed by atoms with Crippen LogP contribution >= 0.6 is 0 Å². The highest BCUT2D eigenvalue weighted by atomic mass is 19.4. The summed E-state index contributed by atoms with van der Waals surface area (Å²) in [5, 5.41) is 3.30. The SMILES string of the molecule is CCc1cc(CNCC(C)C)cc(N(C)CC(F)(F)F)n1. The van der Waals surface area contributed by atoms with Crippen LogP contribution in [0.25, 0.3) is 0 Å². The van der Waals surface area contributed by atoms with E-state index in [1.807, 2.05) is 13.0 Å². The molecule has 0 unspecified atom stereocenters. The minimum Gasteiger partial charge on any atom is -0.351 e. The van der Waals surface area contributed by atoms with Crippen LogP contribution < -0.4 is 10.2 Å². The Balaban J connectivity index is 2.84. The minimum atomic E-state index is -4.23. The lowest BCUT2D eigenvalue weighted by Gasteiger charge is -2.21. The lowest BCUT2D eigenvalue weighted by molar-refractivity contribution is -0.119. The second-order valence-corrected chi connectivity index (χ2v) is 5.67. The van der Waals surface area contributed by atoms with E-state index in [4.69, 9.17) is 0 Å². The van der Waals surface area contributed by atoms with E-state index in [1.165, 1.54) is 7.05 Å². The summed E-state index contributed by atoms with van der Waals surface area (Å²) in [6.45, 7) is 6.68. The quantitative estimate of drug-likeness (QED) is 0.837. The molecule has 0 fully saturated rings. The van der Waals surface area contributed by atoms with Crippen molar-refractivity contribution in [1.82, 2.24) is 10.3 Å². The molecule has 0 aromatic carbocycles. The number of rotatable bonds is 7. The van der Waals surface area contributed by atoms with E-state index in [9.17, 15) is 13.2 Å². The number of hydrogen-bond acceptors (Lipinski definition) is 3. The average molecular weight is 303 g/mol. The van der Waals surface area contributed by atoms with Gasteiger partial charge in [0.1, 0.15) is 12.4 Å². The molecule has 3 nitrogen and oxygen atoms in total. The van der Waals surface area contributed by atoms with Gasteiger partial charge in [0.25, 0.3) is 0 Å². The van der Waals surface area contributed by atoms with Crippen molar-refractivity contribution in [3.05, 3.63) is 23.4 Å². The molecule has 0 saturated heterocycles. The second-order valence-electron chi connectivity index (χ2n) is 5.67. The van der Waals surface area contributed by atoms with Gasteiger partial charge < -0.3 is 10.2 Å². The number of nitrogens with one attached hydrogen (secondary N) is 1. The number of pyridine rings is 1. The van der Waals surface area contributed by atoms with Crippen LogP contribution in [0.3, 0.4) is 0 Å². The van der Waals surface area contributed by atoms with Crippen molar-refractivity contribution in [2.45, 2.75) is 39.9 Å². The minimum absolute atomic E-state index is 0.369. The van der Waals surface area contributed by atoms with E-state index in [0.717, 1.165) is 22.7 Å². The molecule has 6 heteroatoms. The highest BCUT2D eigenvalue weighted by Gasteiger charge is 2.29. The molecular weight excluding hydrogens is 279 g/mol. The fourth-order valence-electron chi connectivity index (χ4n) is 1.97. The molecule has 1 N–H and O–H groups in total. The molecule has 21 heavy (non-hydrogen) atoms. The van der Waals surface area contributed by atoms with Crippen LogP contribution in [0, 0.1) is 5.92 Å². The molecule has 120 valence electrons. The summed E-state index contributed by atoms with van der Waals surface area (Å²) in [6, 6.07) is 3.66. The van der Waals surface area contributed by atoms with Crippen LogP contribution in [0.15, 0.2) is 12.1 Å². The molecule has 0 aliphatic rings. The average Bonchev–Trinajstić information content (AvgIpc) is 2.36. The Kier molecular flexibility index (Phi) is 6.45. The zero-order valence-electron chi connectivity index (χ0n) is 13.1. The fourth-order valence-corrected chi connectivity index (χ4v) is 1.97. The van der Waals surface area contributed by atoms with Crippen molar-refractivity contribution in [3.8, 4) is 0 Å². The van der Waals surface area contributed by atoms with Crippen molar-refractivity contribution in [1.29, 1.82) is 0 Å². The molecule has 0 aliphatic carbocycles. The van der Waals surface area contributed by atoms with Gasteiger partial charge >= 0.3 is 6.18 Å². The van der Waals surface area contributed by atoms with Crippen LogP contribution in [0.2, 0.25) is 0 Å². The van der Waals surface area contributed by atoms with Crippen molar-refractivity contribution >= 4 is 5.82 Å². The number of halogens is 3. The number of anilines is 1. The third kappa shape index (κ3) is 6.80. The van der Waals surface area contributed by atoms with Crippen LogP contribution in [0.4, 0.5) is 19.0 Å². The maximum Gasteiger partial charge on any atom is 0.405 e. The molecule has 1 aromatic heterocycles. The normalized spacial score (nSPS) is 12.0. The van der Waals surface area contributed by atoms with Crippen LogP contribution in [-0.2, 0) is 13.0 Å². The maximum atomic E-state index is 12.5. The van der Waals surface area contributed by atoms with Gasteiger partial charge in [-0.1, -0.05) is 20.8 Å². The first-order valence-corrected chi connectivity index (χ1v) is 7.19. The molecule has 0 amide bonds. The van der Waals surface area contributed by atoms with Gasteiger partial charge in [-0.25, -0.2) is 4.98 Å². The molecule has 0 atom stereocenters. The number of nitrogens with zero attached hydrogens (tertiary/aromatic N) is 2. The predicted octanol–water partition coefficient (Wildman–Crippen LogP) is 3.39. The summed E-state index contributed by atoms with van der Waals surface area (Å²) in [5.41, 5.74) is 1.77. The molecule has 1 rings (SSSR count). The number of hydrogen-bond donors (Lipinski definition) is 1. The van der Waals surface area contributed by atoms with E-state index < -0.39 is 12.7 Å². The Morgan fingerprint density at radius 2 is 1.95 bits per heavy atom. The van der Waals surface area contributed by atoms with E-state index >= 15 is 0 Å². The maximum absolute atomic E-state index is 12.5. The Morgan fingerprint density at radius 3 is 2.48 bits per heavy atom. The third-order valence-corrected chi connectivity index (χ3v) is 2.98. The van der Waals surface area contributed by atoms with E-state index in [0.29, 0.717) is 24.7 Å². The first-order valence-electron chi connectivity index (χ1n) is 7.19. The van der Waals surface area contributed by atoms with Crippen LogP contribution in [-0.4, -0.2) is 31.3 Å². The molecule has 0 radical (unpaired) electrons. The van der Waals surface area contributed by atoms with Gasteiger partial charge in [-0.3, -0.25) is 0 Å². The molecule has 0 saturated carbocycles. The molecule has 1 aromatic rings. The summed E-state index contributed by atoms with van der Waals surface area (Å²) in [5.74, 6) is 0.901. The molecule has 1 heterocycles. The fraction of sp³-hybridized carbons (Fsp3) is 0.667. The summed E-state index contributed by atoms with van der Waals surface area (Å²) in [4.78, 5) is 5.42. The van der Waals surface area contributed by atoms with E-state index in [2.05, 4.69) is 24.1 Å². The standard InChI is InChI=1S/C15H24F3N3/c1-5-13-6-12(9-19-8-11(2)3)7-14(20-13)21(4)10-15(16,17)18/h6-7,11,19H,5,8-10H2,1-4H3. The van der Waals surface area contributed by atoms with Gasteiger partial charge in [0.15, 0.2) is 0 Å². The topological polar surface area (TPSA) is 28.2 Å². The van der Waals surface area contributed by atoms with Gasteiger partial charge in [-0.15, -0.1) is 0 Å². The Bertz CT molecular complexity index is 444. The smallest absolute Gasteiger partial charge is 0.351 e. The van der Waals surface area contributed by atoms with Crippen molar-refractivity contribution in [2.24, 2.45) is 5.92 Å². The first-order chi connectivity index (χ1) is 9.71. The zero-order chi connectivity index (χ0) is 16.0. The van der Waals surface area contributed by atoms with Crippen LogP contribution in [0.1, 0.15) is 32.0 Å². The summed E-state index contributed by atoms with van der Waals surface area (Å²) >= 11 is 0. The molecule has 0 bridgehead atoms. The van der Waals surface area contributed by atoms with E-state index in [1.54, 1.807) is 6.07 Å². The highest BCUT2D eigenvalue weighted by molar-refractivity contribution is 5.42. The summed E-state index contributed by atoms with van der Waals surface area (Å²) in [7, 11) is 1.42. The Morgan fingerprint density at radius 1 is 1.29 bits per heavy atom. The van der Waals surface area contributed by atoms with E-state index in [-0.39, 0.29) is 0 Å². The number of alkyl halides is 3. The lowest BCUT2D eigenvalue weighted by Crippen LogP contribution is -2.31. The van der Waals surface area contributed by atoms with Gasteiger partial charge in [0, 0.05) is 19.3 Å². The number of aromatic nitrogens is 1. The first kappa shape index (κ1) is 17.8. The molecule has 0 spiro atoms. The third-order valence-electron chi connectivity index (χ3n) is 2.98. The van der Waals surface area contributed by atoms with Crippen molar-refractivity contribution in [3.63, 3.8) is 0 Å². The summed E-state index contributed by atoms with van der Waals surface area (Å²) in [6.07, 6.45) is -3.53. The summed E-state index contributed by atoms with van der Waals surface area (Å²) < 4.78 is 37.5. The molecular formula is C15H24F3N3. The zero-order valence-corrected chi connectivity index (χ0v) is 13.1. The van der Waals surface area contributed by atoms with Gasteiger partial charge in [-0.05, 0) is 36.6 Å². The van der Waals surface area contributed by atoms with Crippen molar-refractivity contribution < 1.29 is 13.2 Å². The second kappa shape index (κ2) is 7.64. The molecule has 0 aliphatic heterocycles. The van der Waals surface area contributed by atoms with Gasteiger partial charge in [0.2, 0.25) is 0 Å². The van der Waals surface area contributed by atoms with Crippen molar-refractivity contribution in [2.75, 3.05) is 25.0 Å². The predicted molar refractivity (Wildman–Crippen MR) is 79.5 cm³/mol. The largest absolute Gasteiger partial charge is 0.405 e. The van der Waals surface area contributed by atoms with Crippen LogP contribution in [0.5, 0.6) is 0 Å². The Labute approximate surface area is 124 Å². The van der Waals surface area contributed by atoms with Gasteiger partial charge in [-0.2, -0.15) is 13.2 Å².